The van der Waals surface area contributed by atoms with Crippen LogP contribution in [0.4, 0.5) is 0 Å². The predicted molar refractivity (Wildman–Crippen MR) is 64.8 cm³/mol. The van der Waals surface area contributed by atoms with Gasteiger partial charge in [0.1, 0.15) is 5.69 Å². The number of carbonyl (C=O) groups excluding carboxylic acids is 1. The van der Waals surface area contributed by atoms with Crippen LogP contribution in [0, 0.1) is 0 Å². The summed E-state index contributed by atoms with van der Waals surface area (Å²) in [5, 5.41) is 6.70. The van der Waals surface area contributed by atoms with Gasteiger partial charge in [0.05, 0.1) is 0 Å². The Bertz CT molecular complexity index is 379. The topological polar surface area (TPSA) is 66.1 Å². The number of aromatic nitrogens is 2. The highest BCUT2D eigenvalue weighted by Crippen LogP contribution is 2.01. The minimum Gasteiger partial charge on any atom is -0.336 e. The molecule has 1 N–H and O–H groups in total. The average Bonchev–Trinajstić information content (AvgIpc) is 2.29. The van der Waals surface area contributed by atoms with E-state index in [1.165, 1.54) is 12.1 Å². The summed E-state index contributed by atoms with van der Waals surface area (Å²) in [6, 6.07) is 2.75. The van der Waals surface area contributed by atoms with E-state index in [-0.39, 0.29) is 17.2 Å². The fraction of sp³-hybridized carbons (Fsp3) is 0.500. The second-order valence-electron chi connectivity index (χ2n) is 3.29. The third-order valence-electron chi connectivity index (χ3n) is 2.03. The maximum absolute atomic E-state index is 12.0. The number of rotatable bonds is 5. The Hall–Kier alpha value is -1.17. The van der Waals surface area contributed by atoms with Crippen molar-refractivity contribution in [1.82, 2.24) is 15.1 Å². The summed E-state index contributed by atoms with van der Waals surface area (Å²) >= 11 is 3.30. The van der Waals surface area contributed by atoms with Crippen molar-refractivity contribution >= 4 is 21.8 Å². The second-order valence-corrected chi connectivity index (χ2v) is 4.08. The fourth-order valence-electron chi connectivity index (χ4n) is 1.31. The molecule has 0 aliphatic carbocycles. The molecule has 0 atom stereocenters. The van der Waals surface area contributed by atoms with Gasteiger partial charge in [-0.3, -0.25) is 9.59 Å². The Morgan fingerprint density at radius 3 is 2.75 bits per heavy atom. The van der Waals surface area contributed by atoms with E-state index in [4.69, 9.17) is 0 Å². The van der Waals surface area contributed by atoms with Gasteiger partial charge in [0, 0.05) is 24.5 Å². The molecule has 0 aliphatic rings. The van der Waals surface area contributed by atoms with Crippen molar-refractivity contribution in [2.24, 2.45) is 0 Å². The number of aromatic amines is 1. The molecule has 88 valence electrons. The molecule has 6 heteroatoms. The molecule has 0 unspecified atom stereocenters. The lowest BCUT2D eigenvalue weighted by molar-refractivity contribution is 0.0759. The summed E-state index contributed by atoms with van der Waals surface area (Å²) in [5.74, 6) is -0.155. The zero-order valence-corrected chi connectivity index (χ0v) is 10.7. The molecule has 5 nitrogen and oxygen atoms in total. The van der Waals surface area contributed by atoms with Gasteiger partial charge in [0.15, 0.2) is 0 Å². The Morgan fingerprint density at radius 1 is 1.50 bits per heavy atom. The van der Waals surface area contributed by atoms with Crippen LogP contribution in [-0.4, -0.2) is 39.4 Å². The number of halogens is 1. The molecular weight excluding hydrogens is 274 g/mol. The van der Waals surface area contributed by atoms with Gasteiger partial charge in [0.2, 0.25) is 0 Å². The van der Waals surface area contributed by atoms with Crippen molar-refractivity contribution in [2.75, 3.05) is 18.4 Å². The van der Waals surface area contributed by atoms with Gasteiger partial charge in [-0.25, -0.2) is 5.10 Å². The summed E-state index contributed by atoms with van der Waals surface area (Å²) in [4.78, 5) is 24.5. The van der Waals surface area contributed by atoms with Crippen LogP contribution in [-0.2, 0) is 0 Å². The zero-order valence-electron chi connectivity index (χ0n) is 9.07. The first-order valence-electron chi connectivity index (χ1n) is 5.10. The van der Waals surface area contributed by atoms with Crippen molar-refractivity contribution in [3.8, 4) is 0 Å². The Balaban J connectivity index is 2.81. The van der Waals surface area contributed by atoms with Gasteiger partial charge < -0.3 is 4.90 Å². The highest BCUT2D eigenvalue weighted by molar-refractivity contribution is 9.09. The molecule has 16 heavy (non-hydrogen) atoms. The second kappa shape index (κ2) is 6.42. The van der Waals surface area contributed by atoms with E-state index in [0.717, 1.165) is 11.8 Å². The largest absolute Gasteiger partial charge is 0.336 e. The molecule has 1 rings (SSSR count). The lowest BCUT2D eigenvalue weighted by Crippen LogP contribution is -2.34. The number of alkyl halides is 1. The summed E-state index contributed by atoms with van der Waals surface area (Å²) in [6.45, 7) is 3.33. The minimum atomic E-state index is -0.306. The highest BCUT2D eigenvalue weighted by Gasteiger charge is 2.15. The van der Waals surface area contributed by atoms with Crippen LogP contribution in [0.15, 0.2) is 16.9 Å². The Labute approximate surface area is 102 Å². The first-order chi connectivity index (χ1) is 7.69. The maximum atomic E-state index is 12.0. The molecular formula is C10H14BrN3O2. The predicted octanol–water partition coefficient (Wildman–Crippen LogP) is 1.02. The molecule has 1 aromatic rings. The number of hydrogen-bond donors (Lipinski definition) is 1. The number of nitrogens with zero attached hydrogens (tertiary/aromatic N) is 2. The van der Waals surface area contributed by atoms with Crippen molar-refractivity contribution in [1.29, 1.82) is 0 Å². The van der Waals surface area contributed by atoms with Gasteiger partial charge in [-0.05, 0) is 12.5 Å². The van der Waals surface area contributed by atoms with E-state index >= 15 is 0 Å². The lowest BCUT2D eigenvalue weighted by atomic mass is 10.3. The summed E-state index contributed by atoms with van der Waals surface area (Å²) in [7, 11) is 0. The van der Waals surface area contributed by atoms with E-state index in [1.54, 1.807) is 4.90 Å². The molecule has 0 saturated carbocycles. The summed E-state index contributed by atoms with van der Waals surface area (Å²) < 4.78 is 0. The first-order valence-corrected chi connectivity index (χ1v) is 6.22. The monoisotopic (exact) mass is 287 g/mol. The van der Waals surface area contributed by atoms with Crippen LogP contribution in [0.5, 0.6) is 0 Å². The number of nitrogens with one attached hydrogen (secondary N) is 1. The smallest absolute Gasteiger partial charge is 0.274 e. The Morgan fingerprint density at radius 2 is 2.25 bits per heavy atom. The van der Waals surface area contributed by atoms with Gasteiger partial charge in [0.25, 0.3) is 11.5 Å². The van der Waals surface area contributed by atoms with E-state index in [9.17, 15) is 9.59 Å². The fourth-order valence-corrected chi connectivity index (χ4v) is 1.74. The molecule has 0 aliphatic heterocycles. The van der Waals surface area contributed by atoms with Gasteiger partial charge in [-0.2, -0.15) is 5.10 Å². The van der Waals surface area contributed by atoms with Gasteiger partial charge in [-0.15, -0.1) is 0 Å². The zero-order chi connectivity index (χ0) is 12.0. The van der Waals surface area contributed by atoms with Crippen molar-refractivity contribution in [3.63, 3.8) is 0 Å². The lowest BCUT2D eigenvalue weighted by Gasteiger charge is -2.20. The van der Waals surface area contributed by atoms with Crippen molar-refractivity contribution in [2.45, 2.75) is 13.3 Å². The SMILES string of the molecule is CCCN(CCBr)C(=O)c1ccc(=O)[nH]n1. The maximum Gasteiger partial charge on any atom is 0.274 e. The van der Waals surface area contributed by atoms with Crippen LogP contribution in [0.1, 0.15) is 23.8 Å². The van der Waals surface area contributed by atoms with Crippen LogP contribution >= 0.6 is 15.9 Å². The molecule has 0 spiro atoms. The van der Waals surface area contributed by atoms with Gasteiger partial charge in [-0.1, -0.05) is 22.9 Å². The van der Waals surface area contributed by atoms with Crippen LogP contribution in [0.25, 0.3) is 0 Å². The number of H-pyrrole nitrogens is 1. The van der Waals surface area contributed by atoms with E-state index in [1.807, 2.05) is 6.92 Å². The van der Waals surface area contributed by atoms with Crippen molar-refractivity contribution < 1.29 is 4.79 Å². The standard InChI is InChI=1S/C10H14BrN3O2/c1-2-6-14(7-5-11)10(16)8-3-4-9(15)13-12-8/h3-4H,2,5-7H2,1H3,(H,13,15). The molecule has 0 aromatic carbocycles. The molecule has 1 amide bonds. The van der Waals surface area contributed by atoms with E-state index in [2.05, 4.69) is 26.1 Å². The normalized spacial score (nSPS) is 10.1. The minimum absolute atomic E-state index is 0.155. The van der Waals surface area contributed by atoms with Gasteiger partial charge >= 0.3 is 0 Å². The Kier molecular flexibility index (Phi) is 5.18. The van der Waals surface area contributed by atoms with Crippen LogP contribution in [0.2, 0.25) is 0 Å². The average molecular weight is 288 g/mol. The molecule has 0 fully saturated rings. The molecule has 1 heterocycles. The molecule has 0 radical (unpaired) electrons. The highest BCUT2D eigenvalue weighted by atomic mass is 79.9. The number of carbonyl (C=O) groups is 1. The van der Waals surface area contributed by atoms with E-state index in [0.29, 0.717) is 13.1 Å². The van der Waals surface area contributed by atoms with E-state index < -0.39 is 0 Å². The first kappa shape index (κ1) is 12.9. The molecule has 0 bridgehead atoms. The van der Waals surface area contributed by atoms with Crippen LogP contribution in [0.3, 0.4) is 0 Å². The molecule has 0 saturated heterocycles. The number of amides is 1. The molecule has 1 aromatic heterocycles. The summed E-state index contributed by atoms with van der Waals surface area (Å²) in [6.07, 6.45) is 0.891. The third-order valence-corrected chi connectivity index (χ3v) is 2.39. The third kappa shape index (κ3) is 3.44. The summed E-state index contributed by atoms with van der Waals surface area (Å²) in [5.41, 5.74) is -0.0342. The van der Waals surface area contributed by atoms with Crippen LogP contribution < -0.4 is 5.56 Å². The quantitative estimate of drug-likeness (QED) is 0.823. The number of hydrogen-bond acceptors (Lipinski definition) is 3. The van der Waals surface area contributed by atoms with Crippen molar-refractivity contribution in [3.05, 3.63) is 28.2 Å².